The summed E-state index contributed by atoms with van der Waals surface area (Å²) in [5.41, 5.74) is 1.18. The van der Waals surface area contributed by atoms with Crippen LogP contribution in [0.3, 0.4) is 0 Å². The molecule has 16 heavy (non-hydrogen) atoms. The molecule has 0 spiro atoms. The van der Waals surface area contributed by atoms with E-state index in [1.807, 2.05) is 0 Å². The normalized spacial score (nSPS) is 12.1. The Morgan fingerprint density at radius 2 is 2.00 bits per heavy atom. The summed E-state index contributed by atoms with van der Waals surface area (Å²) in [6.07, 6.45) is 0.764. The molecule has 3 N–H and O–H groups in total. The third kappa shape index (κ3) is 3.90. The van der Waals surface area contributed by atoms with Gasteiger partial charge in [-0.1, -0.05) is 6.92 Å². The van der Waals surface area contributed by atoms with Gasteiger partial charge in [-0.3, -0.25) is 0 Å². The monoisotopic (exact) mass is 223 g/mol. The van der Waals surface area contributed by atoms with E-state index in [-0.39, 0.29) is 12.2 Å². The SMILES string of the molecule is CC(CCO)CNc1ccc(C(=O)O)cc1. The predicted octanol–water partition coefficient (Wildman–Crippen LogP) is 1.82. The van der Waals surface area contributed by atoms with Gasteiger partial charge in [0, 0.05) is 18.8 Å². The van der Waals surface area contributed by atoms with Gasteiger partial charge in [0.1, 0.15) is 0 Å². The van der Waals surface area contributed by atoms with Crippen molar-refractivity contribution in [1.29, 1.82) is 0 Å². The first-order valence-electron chi connectivity index (χ1n) is 5.31. The standard InChI is InChI=1S/C12H17NO3/c1-9(6-7-14)8-13-11-4-2-10(3-5-11)12(15)16/h2-5,9,13-14H,6-8H2,1H3,(H,15,16). The summed E-state index contributed by atoms with van der Waals surface area (Å²) < 4.78 is 0. The zero-order valence-corrected chi connectivity index (χ0v) is 9.31. The lowest BCUT2D eigenvalue weighted by Gasteiger charge is -2.12. The highest BCUT2D eigenvalue weighted by Crippen LogP contribution is 2.11. The minimum atomic E-state index is -0.916. The first kappa shape index (κ1) is 12.5. The van der Waals surface area contributed by atoms with E-state index < -0.39 is 5.97 Å². The van der Waals surface area contributed by atoms with Crippen molar-refractivity contribution in [2.24, 2.45) is 5.92 Å². The lowest BCUT2D eigenvalue weighted by molar-refractivity contribution is 0.0697. The van der Waals surface area contributed by atoms with Crippen molar-refractivity contribution >= 4 is 11.7 Å². The van der Waals surface area contributed by atoms with E-state index in [2.05, 4.69) is 12.2 Å². The molecule has 4 nitrogen and oxygen atoms in total. The van der Waals surface area contributed by atoms with Crippen molar-refractivity contribution in [3.63, 3.8) is 0 Å². The van der Waals surface area contributed by atoms with Gasteiger partial charge in [0.25, 0.3) is 0 Å². The molecule has 1 aromatic rings. The summed E-state index contributed by atoms with van der Waals surface area (Å²) in [5.74, 6) is -0.524. The number of nitrogens with one attached hydrogen (secondary N) is 1. The van der Waals surface area contributed by atoms with Gasteiger partial charge in [-0.25, -0.2) is 4.79 Å². The first-order chi connectivity index (χ1) is 7.63. The van der Waals surface area contributed by atoms with Crippen LogP contribution in [-0.2, 0) is 0 Å². The lowest BCUT2D eigenvalue weighted by Crippen LogP contribution is -2.12. The van der Waals surface area contributed by atoms with Gasteiger partial charge in [-0.2, -0.15) is 0 Å². The summed E-state index contributed by atoms with van der Waals surface area (Å²) in [4.78, 5) is 10.6. The van der Waals surface area contributed by atoms with Crippen molar-refractivity contribution in [3.05, 3.63) is 29.8 Å². The Kier molecular flexibility index (Phi) is 4.79. The maximum Gasteiger partial charge on any atom is 0.335 e. The van der Waals surface area contributed by atoms with Crippen LogP contribution in [0.25, 0.3) is 0 Å². The molecule has 0 bridgehead atoms. The van der Waals surface area contributed by atoms with Gasteiger partial charge in [0.15, 0.2) is 0 Å². The van der Waals surface area contributed by atoms with E-state index in [9.17, 15) is 4.79 Å². The molecule has 0 amide bonds. The quantitative estimate of drug-likeness (QED) is 0.688. The molecule has 0 radical (unpaired) electrons. The Hall–Kier alpha value is -1.55. The minimum absolute atomic E-state index is 0.195. The van der Waals surface area contributed by atoms with Gasteiger partial charge < -0.3 is 15.5 Å². The summed E-state index contributed by atoms with van der Waals surface area (Å²) in [7, 11) is 0. The van der Waals surface area contributed by atoms with Crippen LogP contribution in [-0.4, -0.2) is 29.3 Å². The highest BCUT2D eigenvalue weighted by Gasteiger charge is 2.03. The number of aromatic carboxylic acids is 1. The second kappa shape index (κ2) is 6.12. The number of hydrogen-bond acceptors (Lipinski definition) is 3. The molecule has 0 aromatic heterocycles. The van der Waals surface area contributed by atoms with Crippen LogP contribution in [0.5, 0.6) is 0 Å². The summed E-state index contributed by atoms with van der Waals surface area (Å²) >= 11 is 0. The number of aliphatic hydroxyl groups excluding tert-OH is 1. The number of hydrogen-bond donors (Lipinski definition) is 3. The maximum absolute atomic E-state index is 10.6. The molecule has 0 saturated heterocycles. The average molecular weight is 223 g/mol. The van der Waals surface area contributed by atoms with E-state index >= 15 is 0 Å². The van der Waals surface area contributed by atoms with Gasteiger partial charge in [-0.05, 0) is 36.6 Å². The smallest absolute Gasteiger partial charge is 0.335 e. The van der Waals surface area contributed by atoms with Crippen LogP contribution in [0.15, 0.2) is 24.3 Å². The molecule has 88 valence electrons. The Morgan fingerprint density at radius 3 is 2.50 bits per heavy atom. The molecule has 0 saturated carbocycles. The molecule has 0 aliphatic rings. The maximum atomic E-state index is 10.6. The number of aliphatic hydroxyl groups is 1. The van der Waals surface area contributed by atoms with Crippen molar-refractivity contribution in [3.8, 4) is 0 Å². The third-order valence-electron chi connectivity index (χ3n) is 2.41. The topological polar surface area (TPSA) is 69.6 Å². The molecular weight excluding hydrogens is 206 g/mol. The zero-order chi connectivity index (χ0) is 12.0. The summed E-state index contributed by atoms with van der Waals surface area (Å²) in [5, 5.41) is 20.6. The molecule has 1 atom stereocenters. The number of carbonyl (C=O) groups is 1. The van der Waals surface area contributed by atoms with Crippen LogP contribution in [0.2, 0.25) is 0 Å². The molecule has 1 unspecified atom stereocenters. The molecule has 1 aromatic carbocycles. The van der Waals surface area contributed by atoms with Crippen molar-refractivity contribution in [1.82, 2.24) is 0 Å². The number of carboxylic acids is 1. The minimum Gasteiger partial charge on any atom is -0.478 e. The molecule has 0 aliphatic carbocycles. The van der Waals surface area contributed by atoms with E-state index in [1.165, 1.54) is 0 Å². The van der Waals surface area contributed by atoms with E-state index in [4.69, 9.17) is 10.2 Å². The fourth-order valence-electron chi connectivity index (χ4n) is 1.35. The second-order valence-corrected chi connectivity index (χ2v) is 3.88. The second-order valence-electron chi connectivity index (χ2n) is 3.88. The zero-order valence-electron chi connectivity index (χ0n) is 9.31. The summed E-state index contributed by atoms with van der Waals surface area (Å²) in [6, 6.07) is 6.63. The fraction of sp³-hybridized carbons (Fsp3) is 0.417. The highest BCUT2D eigenvalue weighted by atomic mass is 16.4. The first-order valence-corrected chi connectivity index (χ1v) is 5.31. The number of carboxylic acid groups (broad SMARTS) is 1. The Labute approximate surface area is 94.9 Å². The third-order valence-corrected chi connectivity index (χ3v) is 2.41. The Bertz CT molecular complexity index is 335. The predicted molar refractivity (Wildman–Crippen MR) is 62.8 cm³/mol. The molecule has 4 heteroatoms. The Morgan fingerprint density at radius 1 is 1.38 bits per heavy atom. The molecule has 0 fully saturated rings. The van der Waals surface area contributed by atoms with Crippen LogP contribution in [0, 0.1) is 5.92 Å². The number of benzene rings is 1. The van der Waals surface area contributed by atoms with Crippen molar-refractivity contribution in [2.75, 3.05) is 18.5 Å². The lowest BCUT2D eigenvalue weighted by atomic mass is 10.1. The molecule has 0 aliphatic heterocycles. The molecule has 1 rings (SSSR count). The highest BCUT2D eigenvalue weighted by molar-refractivity contribution is 5.87. The summed E-state index contributed by atoms with van der Waals surface area (Å²) in [6.45, 7) is 3.02. The van der Waals surface area contributed by atoms with E-state index in [0.29, 0.717) is 5.92 Å². The van der Waals surface area contributed by atoms with Crippen LogP contribution in [0.1, 0.15) is 23.7 Å². The van der Waals surface area contributed by atoms with Crippen molar-refractivity contribution in [2.45, 2.75) is 13.3 Å². The van der Waals surface area contributed by atoms with Gasteiger partial charge in [0.2, 0.25) is 0 Å². The van der Waals surface area contributed by atoms with Crippen molar-refractivity contribution < 1.29 is 15.0 Å². The van der Waals surface area contributed by atoms with Crippen LogP contribution < -0.4 is 5.32 Å². The van der Waals surface area contributed by atoms with E-state index in [0.717, 1.165) is 18.7 Å². The van der Waals surface area contributed by atoms with Gasteiger partial charge >= 0.3 is 5.97 Å². The fourth-order valence-corrected chi connectivity index (χ4v) is 1.35. The molecular formula is C12H17NO3. The number of anilines is 1. The van der Waals surface area contributed by atoms with Crippen LogP contribution >= 0.6 is 0 Å². The Balaban J connectivity index is 2.46. The van der Waals surface area contributed by atoms with E-state index in [1.54, 1.807) is 24.3 Å². The van der Waals surface area contributed by atoms with Crippen LogP contribution in [0.4, 0.5) is 5.69 Å². The number of rotatable bonds is 6. The average Bonchev–Trinajstić information content (AvgIpc) is 2.27. The van der Waals surface area contributed by atoms with Gasteiger partial charge in [0.05, 0.1) is 5.56 Å². The molecule has 0 heterocycles. The largest absolute Gasteiger partial charge is 0.478 e. The van der Waals surface area contributed by atoms with Gasteiger partial charge in [-0.15, -0.1) is 0 Å².